The topological polar surface area (TPSA) is 59.2 Å². The number of carbonyl (C=O) groups excluding carboxylic acids is 1. The molecule has 1 fully saturated rings. The Balaban J connectivity index is 1.65. The van der Waals surface area contributed by atoms with E-state index in [1.165, 1.54) is 17.4 Å². The number of rotatable bonds is 3. The quantitative estimate of drug-likeness (QED) is 0.874. The second-order valence-electron chi connectivity index (χ2n) is 7.49. The Morgan fingerprint density at radius 1 is 1.42 bits per heavy atom. The number of amides is 1. The minimum absolute atomic E-state index is 0.0419. The lowest BCUT2D eigenvalue weighted by molar-refractivity contribution is -0.137. The minimum Gasteiger partial charge on any atom is -0.342 e. The van der Waals surface area contributed by atoms with E-state index in [9.17, 15) is 18.0 Å². The van der Waals surface area contributed by atoms with Gasteiger partial charge < -0.3 is 10.6 Å². The highest BCUT2D eigenvalue weighted by molar-refractivity contribution is 7.18. The number of piperidine rings is 1. The highest BCUT2D eigenvalue weighted by Gasteiger charge is 2.35. The predicted octanol–water partition coefficient (Wildman–Crippen LogP) is 3.83. The Hall–Kier alpha value is -1.67. The van der Waals surface area contributed by atoms with E-state index >= 15 is 0 Å². The fourth-order valence-electron chi connectivity index (χ4n) is 3.22. The van der Waals surface area contributed by atoms with E-state index in [0.29, 0.717) is 41.2 Å². The summed E-state index contributed by atoms with van der Waals surface area (Å²) in [6, 6.07) is 3.65. The number of alkyl halides is 3. The first-order valence-electron chi connectivity index (χ1n) is 8.56. The molecule has 1 aromatic carbocycles. The number of nitrogens with two attached hydrogens (primary N) is 1. The highest BCUT2D eigenvalue weighted by atomic mass is 32.1. The van der Waals surface area contributed by atoms with E-state index in [2.05, 4.69) is 18.8 Å². The van der Waals surface area contributed by atoms with Gasteiger partial charge in [0, 0.05) is 32.0 Å². The molecule has 1 aromatic heterocycles. The lowest BCUT2D eigenvalue weighted by Gasteiger charge is -2.42. The standard InChI is InChI=1S/C18H22F3N3OS/c1-17(2)10-24(8-7-14(17)22)16(25)6-5-15-23-12-9-11(18(19,20)21)3-4-13(12)26-15/h3-4,9,14H,5-8,10,22H2,1-2H3. The number of hydrogen-bond donors (Lipinski definition) is 1. The summed E-state index contributed by atoms with van der Waals surface area (Å²) in [6.45, 7) is 5.39. The molecule has 0 saturated carbocycles. The van der Waals surface area contributed by atoms with Crippen LogP contribution in [-0.2, 0) is 17.4 Å². The molecule has 2 N–H and O–H groups in total. The van der Waals surface area contributed by atoms with E-state index in [-0.39, 0.29) is 17.4 Å². The van der Waals surface area contributed by atoms with Crippen LogP contribution >= 0.6 is 11.3 Å². The van der Waals surface area contributed by atoms with Crippen molar-refractivity contribution < 1.29 is 18.0 Å². The summed E-state index contributed by atoms with van der Waals surface area (Å²) in [5.74, 6) is 0.0419. The first kappa shape index (κ1) is 19.1. The number of aryl methyl sites for hydroxylation is 1. The van der Waals surface area contributed by atoms with Gasteiger partial charge in [-0.1, -0.05) is 13.8 Å². The number of halogens is 3. The fourth-order valence-corrected chi connectivity index (χ4v) is 4.16. The SMILES string of the molecule is CC1(C)CN(C(=O)CCc2nc3cc(C(F)(F)F)ccc3s2)CCC1N. The smallest absolute Gasteiger partial charge is 0.342 e. The molecule has 1 aliphatic rings. The summed E-state index contributed by atoms with van der Waals surface area (Å²) in [5.41, 5.74) is 5.61. The van der Waals surface area contributed by atoms with Crippen LogP contribution in [0.25, 0.3) is 10.2 Å². The molecule has 1 atom stereocenters. The van der Waals surface area contributed by atoms with Crippen LogP contribution in [0.2, 0.25) is 0 Å². The van der Waals surface area contributed by atoms with Gasteiger partial charge in [-0.3, -0.25) is 4.79 Å². The number of nitrogens with zero attached hydrogens (tertiary/aromatic N) is 2. The molecule has 8 heteroatoms. The molecule has 2 heterocycles. The monoisotopic (exact) mass is 385 g/mol. The number of likely N-dealkylation sites (tertiary alicyclic amines) is 1. The van der Waals surface area contributed by atoms with Crippen LogP contribution < -0.4 is 5.73 Å². The number of aromatic nitrogens is 1. The molecule has 1 saturated heterocycles. The van der Waals surface area contributed by atoms with Crippen molar-refractivity contribution in [1.29, 1.82) is 0 Å². The lowest BCUT2D eigenvalue weighted by Crippen LogP contribution is -2.54. The van der Waals surface area contributed by atoms with E-state index in [1.54, 1.807) is 0 Å². The summed E-state index contributed by atoms with van der Waals surface area (Å²) in [5, 5.41) is 0.681. The Kier molecular flexibility index (Phi) is 5.00. The molecule has 0 bridgehead atoms. The normalized spacial score (nSPS) is 20.5. The summed E-state index contributed by atoms with van der Waals surface area (Å²) in [6.07, 6.45) is -2.87. The van der Waals surface area contributed by atoms with Gasteiger partial charge in [0.1, 0.15) is 0 Å². The second kappa shape index (κ2) is 6.81. The van der Waals surface area contributed by atoms with Gasteiger partial charge in [-0.05, 0) is 30.0 Å². The molecule has 1 amide bonds. The van der Waals surface area contributed by atoms with Crippen LogP contribution in [0.3, 0.4) is 0 Å². The van der Waals surface area contributed by atoms with Crippen LogP contribution in [0.4, 0.5) is 13.2 Å². The second-order valence-corrected chi connectivity index (χ2v) is 8.60. The van der Waals surface area contributed by atoms with Gasteiger partial charge in [0.2, 0.25) is 5.91 Å². The van der Waals surface area contributed by atoms with Crippen molar-refractivity contribution in [3.63, 3.8) is 0 Å². The molecule has 0 radical (unpaired) electrons. The molecule has 1 unspecified atom stereocenters. The Morgan fingerprint density at radius 3 is 2.81 bits per heavy atom. The summed E-state index contributed by atoms with van der Waals surface area (Å²) in [4.78, 5) is 18.6. The summed E-state index contributed by atoms with van der Waals surface area (Å²) in [7, 11) is 0. The lowest BCUT2D eigenvalue weighted by atomic mass is 9.79. The molecule has 0 spiro atoms. The third-order valence-corrected chi connectivity index (χ3v) is 6.07. The van der Waals surface area contributed by atoms with Crippen molar-refractivity contribution in [3.8, 4) is 0 Å². The third kappa shape index (κ3) is 4.01. The maximum Gasteiger partial charge on any atom is 0.416 e. The number of fused-ring (bicyclic) bond motifs is 1. The zero-order chi connectivity index (χ0) is 19.1. The molecule has 1 aliphatic heterocycles. The Morgan fingerprint density at radius 2 is 2.15 bits per heavy atom. The first-order valence-corrected chi connectivity index (χ1v) is 9.38. The average molecular weight is 385 g/mol. The van der Waals surface area contributed by atoms with E-state index in [1.807, 2.05) is 4.90 Å². The molecule has 4 nitrogen and oxygen atoms in total. The van der Waals surface area contributed by atoms with Crippen LogP contribution in [0, 0.1) is 5.41 Å². The van der Waals surface area contributed by atoms with Crippen molar-refractivity contribution in [1.82, 2.24) is 9.88 Å². The summed E-state index contributed by atoms with van der Waals surface area (Å²) >= 11 is 1.34. The molecule has 0 aliphatic carbocycles. The molecular weight excluding hydrogens is 363 g/mol. The minimum atomic E-state index is -4.38. The van der Waals surface area contributed by atoms with Crippen LogP contribution in [0.1, 0.15) is 37.3 Å². The van der Waals surface area contributed by atoms with Gasteiger partial charge in [0.15, 0.2) is 0 Å². The Bertz CT molecular complexity index is 816. The van der Waals surface area contributed by atoms with E-state index in [0.717, 1.165) is 18.6 Å². The predicted molar refractivity (Wildman–Crippen MR) is 95.9 cm³/mol. The van der Waals surface area contributed by atoms with E-state index in [4.69, 9.17) is 5.73 Å². The van der Waals surface area contributed by atoms with Crippen molar-refractivity contribution in [2.75, 3.05) is 13.1 Å². The van der Waals surface area contributed by atoms with E-state index < -0.39 is 11.7 Å². The molecule has 26 heavy (non-hydrogen) atoms. The van der Waals surface area contributed by atoms with Crippen molar-refractivity contribution >= 4 is 27.5 Å². The largest absolute Gasteiger partial charge is 0.416 e. The molecule has 142 valence electrons. The van der Waals surface area contributed by atoms with Crippen LogP contribution in [-0.4, -0.2) is 34.9 Å². The third-order valence-electron chi connectivity index (χ3n) is 4.98. The van der Waals surface area contributed by atoms with Gasteiger partial charge >= 0.3 is 6.18 Å². The van der Waals surface area contributed by atoms with Gasteiger partial charge in [0.25, 0.3) is 0 Å². The highest BCUT2D eigenvalue weighted by Crippen LogP contribution is 2.33. The molecular formula is C18H22F3N3OS. The molecule has 3 rings (SSSR count). The van der Waals surface area contributed by atoms with Crippen molar-refractivity contribution in [3.05, 3.63) is 28.8 Å². The maximum atomic E-state index is 12.8. The van der Waals surface area contributed by atoms with Gasteiger partial charge in [-0.25, -0.2) is 4.98 Å². The zero-order valence-corrected chi connectivity index (χ0v) is 15.6. The van der Waals surface area contributed by atoms with Crippen molar-refractivity contribution in [2.24, 2.45) is 11.1 Å². The fraction of sp³-hybridized carbons (Fsp3) is 0.556. The number of carbonyl (C=O) groups is 1. The van der Waals surface area contributed by atoms with Gasteiger partial charge in [0.05, 0.1) is 20.8 Å². The number of benzene rings is 1. The van der Waals surface area contributed by atoms with Gasteiger partial charge in [-0.2, -0.15) is 13.2 Å². The summed E-state index contributed by atoms with van der Waals surface area (Å²) < 4.78 is 39.1. The van der Waals surface area contributed by atoms with Gasteiger partial charge in [-0.15, -0.1) is 11.3 Å². The zero-order valence-electron chi connectivity index (χ0n) is 14.8. The Labute approximate surface area is 154 Å². The first-order chi connectivity index (χ1) is 12.1. The maximum absolute atomic E-state index is 12.8. The van der Waals surface area contributed by atoms with Crippen molar-refractivity contribution in [2.45, 2.75) is 45.3 Å². The van der Waals surface area contributed by atoms with Crippen LogP contribution in [0.15, 0.2) is 18.2 Å². The average Bonchev–Trinajstić information content (AvgIpc) is 2.96. The van der Waals surface area contributed by atoms with Crippen LogP contribution in [0.5, 0.6) is 0 Å². The molecule has 2 aromatic rings. The number of hydrogen-bond acceptors (Lipinski definition) is 4. The number of thiazole rings is 1.